The maximum atomic E-state index is 11.3. The lowest BCUT2D eigenvalue weighted by atomic mass is 9.54. The minimum absolute atomic E-state index is 0.166. The van der Waals surface area contributed by atoms with Crippen molar-refractivity contribution in [3.63, 3.8) is 0 Å². The van der Waals surface area contributed by atoms with Crippen LogP contribution in [0.15, 0.2) is 0 Å². The van der Waals surface area contributed by atoms with Gasteiger partial charge in [0.1, 0.15) is 0 Å². The van der Waals surface area contributed by atoms with Crippen molar-refractivity contribution in [3.05, 3.63) is 0 Å². The van der Waals surface area contributed by atoms with Crippen molar-refractivity contribution in [2.24, 2.45) is 5.41 Å². The van der Waals surface area contributed by atoms with Crippen LogP contribution in [0.3, 0.4) is 0 Å². The van der Waals surface area contributed by atoms with Gasteiger partial charge in [-0.3, -0.25) is 0 Å². The number of hydrogen-bond acceptors (Lipinski definition) is 1. The van der Waals surface area contributed by atoms with Gasteiger partial charge in [-0.1, -0.05) is 6.42 Å². The van der Waals surface area contributed by atoms with E-state index in [-0.39, 0.29) is 6.03 Å². The summed E-state index contributed by atoms with van der Waals surface area (Å²) < 4.78 is 0. The van der Waals surface area contributed by atoms with Gasteiger partial charge in [0.25, 0.3) is 0 Å². The molecular formula is C10H16N2O. The molecule has 0 unspecified atom stereocenters. The van der Waals surface area contributed by atoms with Crippen LogP contribution in [0.5, 0.6) is 0 Å². The molecule has 2 amide bonds. The van der Waals surface area contributed by atoms with Crippen LogP contribution in [0.4, 0.5) is 4.79 Å². The highest BCUT2D eigenvalue weighted by molar-refractivity contribution is 5.76. The molecule has 1 spiro atoms. The second-order valence-corrected chi connectivity index (χ2v) is 4.84. The SMILES string of the molecule is O=C1NCCN1C1CC2(CCC2)C1. The Labute approximate surface area is 78.5 Å². The molecule has 0 aromatic heterocycles. The van der Waals surface area contributed by atoms with Gasteiger partial charge in [-0.05, 0) is 31.1 Å². The smallest absolute Gasteiger partial charge is 0.317 e. The highest BCUT2D eigenvalue weighted by Gasteiger charge is 2.51. The number of rotatable bonds is 1. The van der Waals surface area contributed by atoms with Crippen LogP contribution in [-0.2, 0) is 0 Å². The maximum Gasteiger partial charge on any atom is 0.317 e. The molecule has 1 N–H and O–H groups in total. The molecule has 0 atom stereocenters. The van der Waals surface area contributed by atoms with E-state index in [2.05, 4.69) is 5.32 Å². The van der Waals surface area contributed by atoms with Crippen LogP contribution in [-0.4, -0.2) is 30.1 Å². The first-order valence-electron chi connectivity index (χ1n) is 5.34. The Hall–Kier alpha value is -0.730. The number of urea groups is 1. The molecule has 3 nitrogen and oxygen atoms in total. The quantitative estimate of drug-likeness (QED) is 0.649. The van der Waals surface area contributed by atoms with E-state index in [0.717, 1.165) is 13.1 Å². The Morgan fingerprint density at radius 2 is 2.15 bits per heavy atom. The molecule has 3 fully saturated rings. The average Bonchev–Trinajstić information content (AvgIpc) is 2.30. The van der Waals surface area contributed by atoms with Gasteiger partial charge in [0.15, 0.2) is 0 Å². The first-order chi connectivity index (χ1) is 6.29. The van der Waals surface area contributed by atoms with E-state index in [0.29, 0.717) is 11.5 Å². The molecule has 1 saturated heterocycles. The summed E-state index contributed by atoms with van der Waals surface area (Å²) in [5, 5.41) is 2.87. The summed E-state index contributed by atoms with van der Waals surface area (Å²) in [5.74, 6) is 0. The molecule has 0 aromatic carbocycles. The van der Waals surface area contributed by atoms with Crippen molar-refractivity contribution in [2.45, 2.75) is 38.1 Å². The lowest BCUT2D eigenvalue weighted by molar-refractivity contribution is -0.0352. The van der Waals surface area contributed by atoms with Gasteiger partial charge in [0.2, 0.25) is 0 Å². The predicted molar refractivity (Wildman–Crippen MR) is 49.4 cm³/mol. The van der Waals surface area contributed by atoms with Gasteiger partial charge >= 0.3 is 6.03 Å². The van der Waals surface area contributed by atoms with Crippen LogP contribution in [0.2, 0.25) is 0 Å². The van der Waals surface area contributed by atoms with Crippen molar-refractivity contribution in [1.29, 1.82) is 0 Å². The second-order valence-electron chi connectivity index (χ2n) is 4.84. The van der Waals surface area contributed by atoms with Crippen LogP contribution in [0.25, 0.3) is 0 Å². The molecule has 1 aliphatic heterocycles. The van der Waals surface area contributed by atoms with Crippen molar-refractivity contribution < 1.29 is 4.79 Å². The van der Waals surface area contributed by atoms with E-state index < -0.39 is 0 Å². The lowest BCUT2D eigenvalue weighted by Gasteiger charge is -2.56. The molecule has 3 rings (SSSR count). The first kappa shape index (κ1) is 7.65. The monoisotopic (exact) mass is 180 g/mol. The van der Waals surface area contributed by atoms with Gasteiger partial charge < -0.3 is 10.2 Å². The zero-order valence-electron chi connectivity index (χ0n) is 7.88. The molecule has 0 aromatic rings. The highest BCUT2D eigenvalue weighted by Crippen LogP contribution is 2.57. The summed E-state index contributed by atoms with van der Waals surface area (Å²) in [4.78, 5) is 13.4. The molecule has 1 heterocycles. The molecule has 13 heavy (non-hydrogen) atoms. The number of nitrogens with one attached hydrogen (secondary N) is 1. The van der Waals surface area contributed by atoms with Gasteiger partial charge in [0.05, 0.1) is 0 Å². The van der Waals surface area contributed by atoms with Gasteiger partial charge in [-0.15, -0.1) is 0 Å². The number of nitrogens with zero attached hydrogens (tertiary/aromatic N) is 1. The van der Waals surface area contributed by atoms with E-state index in [1.807, 2.05) is 4.90 Å². The lowest BCUT2D eigenvalue weighted by Crippen LogP contribution is -2.54. The fraction of sp³-hybridized carbons (Fsp3) is 0.900. The topological polar surface area (TPSA) is 32.3 Å². The third-order valence-electron chi connectivity index (χ3n) is 4.08. The van der Waals surface area contributed by atoms with Gasteiger partial charge in [-0.25, -0.2) is 4.79 Å². The number of carbonyl (C=O) groups is 1. The number of hydrogen-bond donors (Lipinski definition) is 1. The number of carbonyl (C=O) groups excluding carboxylic acids is 1. The van der Waals surface area contributed by atoms with Crippen LogP contribution in [0.1, 0.15) is 32.1 Å². The van der Waals surface area contributed by atoms with E-state index >= 15 is 0 Å². The predicted octanol–water partition coefficient (Wildman–Crippen LogP) is 1.34. The Bertz CT molecular complexity index is 239. The van der Waals surface area contributed by atoms with Crippen molar-refractivity contribution >= 4 is 6.03 Å². The Morgan fingerprint density at radius 3 is 2.62 bits per heavy atom. The molecule has 0 bridgehead atoms. The number of amides is 2. The standard InChI is InChI=1S/C10H16N2O/c13-9-11-4-5-12(9)8-6-10(7-8)2-1-3-10/h8H,1-7H2,(H,11,13). The van der Waals surface area contributed by atoms with E-state index in [1.165, 1.54) is 32.1 Å². The van der Waals surface area contributed by atoms with Crippen LogP contribution < -0.4 is 5.32 Å². The molecule has 3 aliphatic rings. The van der Waals surface area contributed by atoms with Crippen LogP contribution in [0, 0.1) is 5.41 Å². The fourth-order valence-corrected chi connectivity index (χ4v) is 3.08. The summed E-state index contributed by atoms with van der Waals surface area (Å²) in [6.07, 6.45) is 6.80. The van der Waals surface area contributed by atoms with Crippen molar-refractivity contribution in [2.75, 3.05) is 13.1 Å². The third-order valence-corrected chi connectivity index (χ3v) is 4.08. The van der Waals surface area contributed by atoms with E-state index in [1.54, 1.807) is 0 Å². The average molecular weight is 180 g/mol. The highest BCUT2D eigenvalue weighted by atomic mass is 16.2. The fourth-order valence-electron chi connectivity index (χ4n) is 3.08. The zero-order chi connectivity index (χ0) is 8.89. The minimum Gasteiger partial charge on any atom is -0.336 e. The molecule has 2 aliphatic carbocycles. The Kier molecular flexibility index (Phi) is 1.41. The van der Waals surface area contributed by atoms with E-state index in [4.69, 9.17) is 0 Å². The Balaban J connectivity index is 1.60. The van der Waals surface area contributed by atoms with Crippen molar-refractivity contribution in [1.82, 2.24) is 10.2 Å². The van der Waals surface area contributed by atoms with Crippen molar-refractivity contribution in [3.8, 4) is 0 Å². The zero-order valence-corrected chi connectivity index (χ0v) is 7.88. The Morgan fingerprint density at radius 1 is 1.38 bits per heavy atom. The van der Waals surface area contributed by atoms with Gasteiger partial charge in [-0.2, -0.15) is 0 Å². The minimum atomic E-state index is 0.166. The maximum absolute atomic E-state index is 11.3. The largest absolute Gasteiger partial charge is 0.336 e. The summed E-state index contributed by atoms with van der Waals surface area (Å²) in [7, 11) is 0. The second kappa shape index (κ2) is 2.40. The summed E-state index contributed by atoms with van der Waals surface area (Å²) >= 11 is 0. The molecular weight excluding hydrogens is 164 g/mol. The normalized spacial score (nSPS) is 31.4. The van der Waals surface area contributed by atoms with E-state index in [9.17, 15) is 4.79 Å². The summed E-state index contributed by atoms with van der Waals surface area (Å²) in [6.45, 7) is 1.78. The molecule has 3 heteroatoms. The summed E-state index contributed by atoms with van der Waals surface area (Å²) in [6, 6.07) is 0.738. The summed E-state index contributed by atoms with van der Waals surface area (Å²) in [5.41, 5.74) is 0.688. The molecule has 0 radical (unpaired) electrons. The first-order valence-corrected chi connectivity index (χ1v) is 5.34. The third kappa shape index (κ3) is 0.990. The van der Waals surface area contributed by atoms with Crippen LogP contribution >= 0.6 is 0 Å². The molecule has 72 valence electrons. The van der Waals surface area contributed by atoms with Gasteiger partial charge in [0, 0.05) is 19.1 Å². The molecule has 2 saturated carbocycles.